The molecule has 1 rings (SSSR count). The number of hydrogen-bond donors (Lipinski definition) is 1. The van der Waals surface area contributed by atoms with E-state index in [0.29, 0.717) is 4.47 Å². The quantitative estimate of drug-likeness (QED) is 0.852. The Labute approximate surface area is 118 Å². The molecular formula is C12H13BrFNO4. The van der Waals surface area contributed by atoms with E-state index >= 15 is 0 Å². The molecule has 1 aromatic rings. The van der Waals surface area contributed by atoms with Crippen LogP contribution in [0.1, 0.15) is 20.8 Å². The van der Waals surface area contributed by atoms with Crippen LogP contribution in [0.25, 0.3) is 0 Å². The van der Waals surface area contributed by atoms with Crippen LogP contribution in [0.2, 0.25) is 0 Å². The van der Waals surface area contributed by atoms with Crippen LogP contribution in [0.4, 0.5) is 14.0 Å². The van der Waals surface area contributed by atoms with Gasteiger partial charge >= 0.3 is 12.2 Å². The maximum Gasteiger partial charge on any atom is 0.422 e. The van der Waals surface area contributed by atoms with E-state index in [1.165, 1.54) is 12.1 Å². The average Bonchev–Trinajstić information content (AvgIpc) is 2.20. The van der Waals surface area contributed by atoms with Crippen molar-refractivity contribution in [1.82, 2.24) is 5.32 Å². The van der Waals surface area contributed by atoms with Gasteiger partial charge in [-0.2, -0.15) is 0 Å². The summed E-state index contributed by atoms with van der Waals surface area (Å²) in [7, 11) is 0. The first-order chi connectivity index (χ1) is 8.67. The Morgan fingerprint density at radius 3 is 2.47 bits per heavy atom. The first-order valence-electron chi connectivity index (χ1n) is 5.34. The summed E-state index contributed by atoms with van der Waals surface area (Å²) in [5.41, 5.74) is -0.745. The van der Waals surface area contributed by atoms with Crippen LogP contribution in [0.15, 0.2) is 22.7 Å². The van der Waals surface area contributed by atoms with Crippen molar-refractivity contribution in [2.75, 3.05) is 0 Å². The number of amides is 2. The lowest BCUT2D eigenvalue weighted by molar-refractivity contribution is 0.0533. The molecule has 0 saturated carbocycles. The average molecular weight is 334 g/mol. The molecule has 0 heterocycles. The first kappa shape index (κ1) is 15.4. The highest BCUT2D eigenvalue weighted by Crippen LogP contribution is 2.22. The van der Waals surface area contributed by atoms with Gasteiger partial charge in [0.2, 0.25) is 0 Å². The third-order valence-electron chi connectivity index (χ3n) is 1.70. The zero-order valence-electron chi connectivity index (χ0n) is 10.6. The first-order valence-corrected chi connectivity index (χ1v) is 6.13. The second kappa shape index (κ2) is 6.01. The molecule has 19 heavy (non-hydrogen) atoms. The smallest absolute Gasteiger partial charge is 0.422 e. The number of hydrogen-bond acceptors (Lipinski definition) is 4. The Morgan fingerprint density at radius 2 is 1.89 bits per heavy atom. The van der Waals surface area contributed by atoms with Crippen LogP contribution >= 0.6 is 15.9 Å². The highest BCUT2D eigenvalue weighted by atomic mass is 79.9. The van der Waals surface area contributed by atoms with Crippen molar-refractivity contribution in [1.29, 1.82) is 0 Å². The summed E-state index contributed by atoms with van der Waals surface area (Å²) in [4.78, 5) is 22.6. The molecule has 0 atom stereocenters. The molecule has 0 aliphatic heterocycles. The second-order valence-electron chi connectivity index (χ2n) is 4.59. The van der Waals surface area contributed by atoms with Crippen molar-refractivity contribution >= 4 is 28.1 Å². The van der Waals surface area contributed by atoms with Crippen molar-refractivity contribution in [2.45, 2.75) is 26.4 Å². The van der Waals surface area contributed by atoms with Gasteiger partial charge in [-0.05, 0) is 39.0 Å². The fourth-order valence-electron chi connectivity index (χ4n) is 1.07. The Balaban J connectivity index is 2.61. The van der Waals surface area contributed by atoms with Crippen molar-refractivity contribution in [2.24, 2.45) is 0 Å². The zero-order valence-corrected chi connectivity index (χ0v) is 12.2. The summed E-state index contributed by atoms with van der Waals surface area (Å²) in [6.07, 6.45) is -2.08. The highest BCUT2D eigenvalue weighted by molar-refractivity contribution is 9.10. The van der Waals surface area contributed by atoms with Gasteiger partial charge in [0.1, 0.15) is 5.60 Å². The van der Waals surface area contributed by atoms with Gasteiger partial charge in [-0.3, -0.25) is 0 Å². The van der Waals surface area contributed by atoms with Gasteiger partial charge in [0.15, 0.2) is 11.6 Å². The normalized spacial score (nSPS) is 10.8. The minimum Gasteiger partial charge on any atom is -0.443 e. The van der Waals surface area contributed by atoms with Crippen molar-refractivity contribution in [3.05, 3.63) is 28.5 Å². The number of benzene rings is 1. The molecule has 0 saturated heterocycles. The summed E-state index contributed by atoms with van der Waals surface area (Å²) < 4.78 is 23.3. The number of carbonyl (C=O) groups excluding carboxylic acids is 2. The fraction of sp³-hybridized carbons (Fsp3) is 0.333. The molecule has 0 spiro atoms. The predicted molar refractivity (Wildman–Crippen MR) is 69.5 cm³/mol. The van der Waals surface area contributed by atoms with E-state index < -0.39 is 23.6 Å². The Hall–Kier alpha value is -1.63. The number of carbonyl (C=O) groups is 2. The van der Waals surface area contributed by atoms with Crippen LogP contribution < -0.4 is 10.1 Å². The molecule has 0 aliphatic rings. The van der Waals surface area contributed by atoms with Gasteiger partial charge in [0.05, 0.1) is 0 Å². The van der Waals surface area contributed by atoms with E-state index in [4.69, 9.17) is 4.74 Å². The van der Waals surface area contributed by atoms with Crippen LogP contribution in [0.3, 0.4) is 0 Å². The molecule has 0 radical (unpaired) electrons. The van der Waals surface area contributed by atoms with E-state index in [2.05, 4.69) is 20.7 Å². The predicted octanol–water partition coefficient (Wildman–Crippen LogP) is 3.61. The molecule has 0 bridgehead atoms. The van der Waals surface area contributed by atoms with E-state index in [-0.39, 0.29) is 5.75 Å². The molecule has 104 valence electrons. The number of alkyl carbamates (subject to hydrolysis) is 1. The van der Waals surface area contributed by atoms with Gasteiger partial charge < -0.3 is 9.47 Å². The summed E-state index contributed by atoms with van der Waals surface area (Å²) in [6, 6.07) is 3.85. The monoisotopic (exact) mass is 333 g/mol. The number of ether oxygens (including phenoxy) is 2. The van der Waals surface area contributed by atoms with Gasteiger partial charge in [-0.25, -0.2) is 19.3 Å². The minimum absolute atomic E-state index is 0.296. The SMILES string of the molecule is CC(C)(C)OC(=O)NC(=O)Oc1cc(Br)ccc1F. The Morgan fingerprint density at radius 1 is 1.26 bits per heavy atom. The lowest BCUT2D eigenvalue weighted by atomic mass is 10.2. The van der Waals surface area contributed by atoms with Gasteiger partial charge in [-0.1, -0.05) is 15.9 Å². The highest BCUT2D eigenvalue weighted by Gasteiger charge is 2.19. The fourth-order valence-corrected chi connectivity index (χ4v) is 1.41. The van der Waals surface area contributed by atoms with Gasteiger partial charge in [0, 0.05) is 4.47 Å². The lowest BCUT2D eigenvalue weighted by Gasteiger charge is -2.19. The second-order valence-corrected chi connectivity index (χ2v) is 5.51. The molecule has 1 aromatic carbocycles. The summed E-state index contributed by atoms with van der Waals surface area (Å²) in [5.74, 6) is -1.02. The molecule has 5 nitrogen and oxygen atoms in total. The standard InChI is InChI=1S/C12H13BrFNO4/c1-12(2,3)19-11(17)15-10(16)18-9-6-7(13)4-5-8(9)14/h4-6H,1-3H3,(H,15,16,17). The van der Waals surface area contributed by atoms with E-state index in [9.17, 15) is 14.0 Å². The van der Waals surface area contributed by atoms with E-state index in [1.807, 2.05) is 5.32 Å². The largest absolute Gasteiger partial charge is 0.443 e. The zero-order chi connectivity index (χ0) is 14.6. The lowest BCUT2D eigenvalue weighted by Crippen LogP contribution is -2.37. The van der Waals surface area contributed by atoms with Crippen LogP contribution in [-0.2, 0) is 4.74 Å². The number of nitrogens with one attached hydrogen (secondary N) is 1. The summed E-state index contributed by atoms with van der Waals surface area (Å²) >= 11 is 3.11. The minimum atomic E-state index is -1.12. The number of halogens is 2. The van der Waals surface area contributed by atoms with E-state index in [0.717, 1.165) is 6.07 Å². The van der Waals surface area contributed by atoms with E-state index in [1.54, 1.807) is 20.8 Å². The van der Waals surface area contributed by atoms with Crippen molar-refractivity contribution in [3.63, 3.8) is 0 Å². The molecule has 0 aromatic heterocycles. The topological polar surface area (TPSA) is 64.6 Å². The van der Waals surface area contributed by atoms with Crippen LogP contribution in [0, 0.1) is 5.82 Å². The molecule has 1 N–H and O–H groups in total. The maximum absolute atomic E-state index is 13.3. The summed E-state index contributed by atoms with van der Waals surface area (Å²) in [6.45, 7) is 4.93. The van der Waals surface area contributed by atoms with Crippen molar-refractivity contribution in [3.8, 4) is 5.75 Å². The molecule has 7 heteroatoms. The maximum atomic E-state index is 13.3. The van der Waals surface area contributed by atoms with Crippen molar-refractivity contribution < 1.29 is 23.5 Å². The summed E-state index contributed by atoms with van der Waals surface area (Å²) in [5, 5.41) is 1.83. The third-order valence-corrected chi connectivity index (χ3v) is 2.19. The number of imide groups is 1. The molecular weight excluding hydrogens is 321 g/mol. The molecule has 0 aliphatic carbocycles. The van der Waals surface area contributed by atoms with Crippen LogP contribution in [-0.4, -0.2) is 17.8 Å². The molecule has 0 unspecified atom stereocenters. The Kier molecular flexibility index (Phi) is 4.88. The molecule has 2 amide bonds. The Bertz CT molecular complexity index is 499. The number of rotatable bonds is 1. The third kappa shape index (κ3) is 5.69. The molecule has 0 fully saturated rings. The van der Waals surface area contributed by atoms with Gasteiger partial charge in [0.25, 0.3) is 0 Å². The van der Waals surface area contributed by atoms with Crippen LogP contribution in [0.5, 0.6) is 5.75 Å². The van der Waals surface area contributed by atoms with Gasteiger partial charge in [-0.15, -0.1) is 0 Å².